The summed E-state index contributed by atoms with van der Waals surface area (Å²) in [6.07, 6.45) is 1.70. The second-order valence-corrected chi connectivity index (χ2v) is 4.88. The first-order valence-corrected chi connectivity index (χ1v) is 6.49. The molecule has 1 atom stereocenters. The van der Waals surface area contributed by atoms with Gasteiger partial charge in [-0.25, -0.2) is 0 Å². The molecule has 5 heteroatoms. The summed E-state index contributed by atoms with van der Waals surface area (Å²) in [6, 6.07) is 5.07. The number of hydrogen-bond donors (Lipinski definition) is 2. The Hall–Kier alpha value is -1.75. The van der Waals surface area contributed by atoms with Crippen LogP contribution in [0.3, 0.4) is 0 Å². The standard InChI is InChI=1S/C14H20N2O3/c1-19-13-8-11(15)2-3-12(13)14(18)16-6-4-10(9-16)5-7-17/h2-3,8,10,17H,4-7,9,15H2,1H3. The maximum Gasteiger partial charge on any atom is 0.257 e. The quantitative estimate of drug-likeness (QED) is 0.799. The van der Waals surface area contributed by atoms with Crippen LogP contribution in [-0.4, -0.2) is 42.7 Å². The lowest BCUT2D eigenvalue weighted by atomic mass is 10.1. The van der Waals surface area contributed by atoms with Crippen molar-refractivity contribution in [1.29, 1.82) is 0 Å². The Labute approximate surface area is 113 Å². The van der Waals surface area contributed by atoms with Gasteiger partial charge in [-0.1, -0.05) is 0 Å². The molecule has 2 rings (SSSR count). The van der Waals surface area contributed by atoms with Crippen LogP contribution in [0.4, 0.5) is 5.69 Å². The smallest absolute Gasteiger partial charge is 0.257 e. The van der Waals surface area contributed by atoms with Gasteiger partial charge in [0.2, 0.25) is 0 Å². The monoisotopic (exact) mass is 264 g/mol. The number of aliphatic hydroxyl groups excluding tert-OH is 1. The lowest BCUT2D eigenvalue weighted by molar-refractivity contribution is 0.0781. The third-order valence-corrected chi connectivity index (χ3v) is 3.57. The molecule has 0 bridgehead atoms. The van der Waals surface area contributed by atoms with Crippen LogP contribution in [0, 0.1) is 5.92 Å². The molecular formula is C14H20N2O3. The maximum absolute atomic E-state index is 12.4. The third-order valence-electron chi connectivity index (χ3n) is 3.57. The lowest BCUT2D eigenvalue weighted by Gasteiger charge is -2.18. The zero-order chi connectivity index (χ0) is 13.8. The molecule has 1 amide bonds. The highest BCUT2D eigenvalue weighted by Gasteiger charge is 2.28. The Bertz CT molecular complexity index is 462. The number of benzene rings is 1. The first-order valence-electron chi connectivity index (χ1n) is 6.49. The molecule has 1 aromatic rings. The molecule has 0 aliphatic carbocycles. The Morgan fingerprint density at radius 1 is 1.58 bits per heavy atom. The Kier molecular flexibility index (Phi) is 4.27. The average Bonchev–Trinajstić information content (AvgIpc) is 2.87. The highest BCUT2D eigenvalue weighted by Crippen LogP contribution is 2.26. The summed E-state index contributed by atoms with van der Waals surface area (Å²) < 4.78 is 5.21. The van der Waals surface area contributed by atoms with E-state index in [0.29, 0.717) is 29.5 Å². The van der Waals surface area contributed by atoms with Crippen molar-refractivity contribution in [2.75, 3.05) is 32.5 Å². The lowest BCUT2D eigenvalue weighted by Crippen LogP contribution is -2.29. The van der Waals surface area contributed by atoms with Crippen LogP contribution in [0.15, 0.2) is 18.2 Å². The van der Waals surface area contributed by atoms with Crippen molar-refractivity contribution in [3.05, 3.63) is 23.8 Å². The van der Waals surface area contributed by atoms with Gasteiger partial charge in [-0.2, -0.15) is 0 Å². The molecule has 104 valence electrons. The molecule has 1 unspecified atom stereocenters. The molecule has 5 nitrogen and oxygen atoms in total. The largest absolute Gasteiger partial charge is 0.496 e. The van der Waals surface area contributed by atoms with Crippen LogP contribution in [0.5, 0.6) is 5.75 Å². The number of nitrogens with two attached hydrogens (primary N) is 1. The SMILES string of the molecule is COc1cc(N)ccc1C(=O)N1CCC(CCO)C1. The zero-order valence-corrected chi connectivity index (χ0v) is 11.1. The van der Waals surface area contributed by atoms with Crippen molar-refractivity contribution in [2.45, 2.75) is 12.8 Å². The number of carbonyl (C=O) groups is 1. The number of nitrogen functional groups attached to an aromatic ring is 1. The minimum atomic E-state index is -0.0303. The first-order chi connectivity index (χ1) is 9.15. The number of anilines is 1. The molecule has 1 saturated heterocycles. The summed E-state index contributed by atoms with van der Waals surface area (Å²) in [6.45, 7) is 1.61. The zero-order valence-electron chi connectivity index (χ0n) is 11.1. The fourth-order valence-electron chi connectivity index (χ4n) is 2.49. The second kappa shape index (κ2) is 5.93. The summed E-state index contributed by atoms with van der Waals surface area (Å²) in [7, 11) is 1.53. The van der Waals surface area contributed by atoms with Crippen molar-refractivity contribution in [3.8, 4) is 5.75 Å². The van der Waals surface area contributed by atoms with Gasteiger partial charge in [0.25, 0.3) is 5.91 Å². The van der Waals surface area contributed by atoms with Gasteiger partial charge in [0.05, 0.1) is 12.7 Å². The second-order valence-electron chi connectivity index (χ2n) is 4.88. The van der Waals surface area contributed by atoms with Crippen molar-refractivity contribution in [3.63, 3.8) is 0 Å². The van der Waals surface area contributed by atoms with E-state index in [-0.39, 0.29) is 12.5 Å². The molecule has 1 heterocycles. The minimum absolute atomic E-state index is 0.0303. The van der Waals surface area contributed by atoms with Crippen LogP contribution < -0.4 is 10.5 Å². The van der Waals surface area contributed by atoms with Crippen LogP contribution in [0.1, 0.15) is 23.2 Å². The van der Waals surface area contributed by atoms with E-state index in [0.717, 1.165) is 19.4 Å². The van der Waals surface area contributed by atoms with Crippen LogP contribution >= 0.6 is 0 Å². The van der Waals surface area contributed by atoms with Crippen molar-refractivity contribution >= 4 is 11.6 Å². The van der Waals surface area contributed by atoms with Crippen LogP contribution in [-0.2, 0) is 0 Å². The summed E-state index contributed by atoms with van der Waals surface area (Å²) in [4.78, 5) is 14.2. The van der Waals surface area contributed by atoms with E-state index in [9.17, 15) is 4.79 Å². The molecule has 19 heavy (non-hydrogen) atoms. The van der Waals surface area contributed by atoms with Crippen molar-refractivity contribution < 1.29 is 14.6 Å². The molecule has 3 N–H and O–H groups in total. The molecule has 1 aromatic carbocycles. The van der Waals surface area contributed by atoms with Gasteiger partial charge in [-0.15, -0.1) is 0 Å². The third kappa shape index (κ3) is 2.98. The highest BCUT2D eigenvalue weighted by molar-refractivity contribution is 5.97. The molecule has 0 spiro atoms. The topological polar surface area (TPSA) is 75.8 Å². The summed E-state index contributed by atoms with van der Waals surface area (Å²) in [5.74, 6) is 0.877. The van der Waals surface area contributed by atoms with Gasteiger partial charge in [-0.3, -0.25) is 4.79 Å². The van der Waals surface area contributed by atoms with Crippen molar-refractivity contribution in [1.82, 2.24) is 4.90 Å². The number of aliphatic hydroxyl groups is 1. The Morgan fingerprint density at radius 2 is 2.37 bits per heavy atom. The molecule has 1 aliphatic heterocycles. The number of nitrogens with zero attached hydrogens (tertiary/aromatic N) is 1. The number of rotatable bonds is 4. The first kappa shape index (κ1) is 13.7. The average molecular weight is 264 g/mol. The highest BCUT2D eigenvalue weighted by atomic mass is 16.5. The van der Waals surface area contributed by atoms with Gasteiger partial charge < -0.3 is 20.5 Å². The molecular weight excluding hydrogens is 244 g/mol. The number of ether oxygens (including phenoxy) is 1. The van der Waals surface area contributed by atoms with Crippen LogP contribution in [0.2, 0.25) is 0 Å². The van der Waals surface area contributed by atoms with Gasteiger partial charge >= 0.3 is 0 Å². The number of carbonyl (C=O) groups excluding carboxylic acids is 1. The summed E-state index contributed by atoms with van der Waals surface area (Å²) in [5.41, 5.74) is 6.81. The normalized spacial score (nSPS) is 18.6. The van der Waals surface area contributed by atoms with E-state index in [1.807, 2.05) is 4.90 Å². The predicted octanol–water partition coefficient (Wildman–Crippen LogP) is 1.12. The Balaban J connectivity index is 2.12. The predicted molar refractivity (Wildman–Crippen MR) is 73.1 cm³/mol. The molecule has 0 saturated carbocycles. The fourth-order valence-corrected chi connectivity index (χ4v) is 2.49. The molecule has 0 aromatic heterocycles. The van der Waals surface area contributed by atoms with E-state index in [1.54, 1.807) is 18.2 Å². The van der Waals surface area contributed by atoms with Gasteiger partial charge in [0.1, 0.15) is 5.75 Å². The fraction of sp³-hybridized carbons (Fsp3) is 0.500. The summed E-state index contributed by atoms with van der Waals surface area (Å²) >= 11 is 0. The van der Waals surface area contributed by atoms with E-state index < -0.39 is 0 Å². The van der Waals surface area contributed by atoms with Gasteiger partial charge in [0.15, 0.2) is 0 Å². The molecule has 0 radical (unpaired) electrons. The van der Waals surface area contributed by atoms with E-state index in [1.165, 1.54) is 7.11 Å². The van der Waals surface area contributed by atoms with E-state index in [2.05, 4.69) is 0 Å². The Morgan fingerprint density at radius 3 is 3.05 bits per heavy atom. The van der Waals surface area contributed by atoms with Gasteiger partial charge in [0, 0.05) is 31.5 Å². The minimum Gasteiger partial charge on any atom is -0.496 e. The van der Waals surface area contributed by atoms with E-state index in [4.69, 9.17) is 15.6 Å². The summed E-state index contributed by atoms with van der Waals surface area (Å²) in [5, 5.41) is 8.94. The molecule has 1 aliphatic rings. The van der Waals surface area contributed by atoms with Crippen LogP contribution in [0.25, 0.3) is 0 Å². The number of likely N-dealkylation sites (tertiary alicyclic amines) is 1. The van der Waals surface area contributed by atoms with E-state index >= 15 is 0 Å². The van der Waals surface area contributed by atoms with Gasteiger partial charge in [-0.05, 0) is 30.9 Å². The number of methoxy groups -OCH3 is 1. The maximum atomic E-state index is 12.4. The molecule has 1 fully saturated rings. The van der Waals surface area contributed by atoms with Crippen molar-refractivity contribution in [2.24, 2.45) is 5.92 Å². The number of hydrogen-bond acceptors (Lipinski definition) is 4. The number of amides is 1.